The zero-order chi connectivity index (χ0) is 14.6. The molecule has 0 aromatic heterocycles. The van der Waals surface area contributed by atoms with Crippen molar-refractivity contribution in [3.8, 4) is 0 Å². The van der Waals surface area contributed by atoms with Gasteiger partial charge >= 0.3 is 12.1 Å². The van der Waals surface area contributed by atoms with E-state index in [1.807, 2.05) is 0 Å². The van der Waals surface area contributed by atoms with Crippen LogP contribution in [-0.2, 0) is 14.3 Å². The summed E-state index contributed by atoms with van der Waals surface area (Å²) in [6, 6.07) is -0.795. The summed E-state index contributed by atoms with van der Waals surface area (Å²) in [4.78, 5) is 24.5. The Morgan fingerprint density at radius 2 is 2.00 bits per heavy atom. The van der Waals surface area contributed by atoms with Gasteiger partial charge in [-0.15, -0.1) is 0 Å². The fourth-order valence-corrected chi connectivity index (χ4v) is 2.17. The van der Waals surface area contributed by atoms with Gasteiger partial charge in [0.05, 0.1) is 0 Å². The molecule has 1 N–H and O–H groups in total. The first kappa shape index (κ1) is 15.8. The lowest BCUT2D eigenvalue weighted by Crippen LogP contribution is -2.43. The van der Waals surface area contributed by atoms with Crippen LogP contribution in [0.2, 0.25) is 0 Å². The number of aliphatic carboxylic acids is 1. The van der Waals surface area contributed by atoms with Gasteiger partial charge in [-0.2, -0.15) is 0 Å². The van der Waals surface area contributed by atoms with Crippen molar-refractivity contribution >= 4 is 12.1 Å². The quantitative estimate of drug-likeness (QED) is 0.844. The molecule has 0 aromatic rings. The number of hydrogen-bond acceptors (Lipinski definition) is 4. The second-order valence-electron chi connectivity index (χ2n) is 5.87. The number of nitrogens with zero attached hydrogens (tertiary/aromatic N) is 1. The van der Waals surface area contributed by atoms with Gasteiger partial charge in [-0.1, -0.05) is 0 Å². The second kappa shape index (κ2) is 6.23. The molecule has 0 radical (unpaired) electrons. The molecule has 0 aliphatic carbocycles. The van der Waals surface area contributed by atoms with Gasteiger partial charge in [-0.25, -0.2) is 9.59 Å². The van der Waals surface area contributed by atoms with E-state index in [0.29, 0.717) is 19.6 Å². The summed E-state index contributed by atoms with van der Waals surface area (Å²) in [5.74, 6) is -0.834. The number of carboxylic acids is 1. The van der Waals surface area contributed by atoms with E-state index in [9.17, 15) is 14.7 Å². The van der Waals surface area contributed by atoms with Crippen molar-refractivity contribution < 1.29 is 24.2 Å². The predicted octanol–water partition coefficient (Wildman–Crippen LogP) is 1.73. The molecule has 1 amide bonds. The van der Waals surface area contributed by atoms with Crippen molar-refractivity contribution in [1.29, 1.82) is 0 Å². The van der Waals surface area contributed by atoms with Gasteiger partial charge in [-0.3, -0.25) is 4.90 Å². The van der Waals surface area contributed by atoms with Gasteiger partial charge in [0.1, 0.15) is 11.6 Å². The highest BCUT2D eigenvalue weighted by Crippen LogP contribution is 2.27. The maximum atomic E-state index is 12.0. The minimum absolute atomic E-state index is 0.147. The molecule has 6 nitrogen and oxygen atoms in total. The smallest absolute Gasteiger partial charge is 0.411 e. The molecule has 0 saturated carbocycles. The van der Waals surface area contributed by atoms with Crippen LogP contribution in [0.3, 0.4) is 0 Å². The number of rotatable bonds is 4. The molecule has 19 heavy (non-hydrogen) atoms. The molecule has 1 saturated heterocycles. The Balaban J connectivity index is 2.68. The highest BCUT2D eigenvalue weighted by Gasteiger charge is 2.41. The SMILES string of the molecule is COCCC1CC(C(=O)O)N(C(=O)OC(C)(C)C)C1. The lowest BCUT2D eigenvalue weighted by molar-refractivity contribution is -0.142. The van der Waals surface area contributed by atoms with Crippen LogP contribution in [0.5, 0.6) is 0 Å². The monoisotopic (exact) mass is 273 g/mol. The lowest BCUT2D eigenvalue weighted by Gasteiger charge is -2.26. The number of likely N-dealkylation sites (tertiary alicyclic amines) is 1. The van der Waals surface area contributed by atoms with Crippen LogP contribution in [0.1, 0.15) is 33.6 Å². The molecule has 2 unspecified atom stereocenters. The lowest BCUT2D eigenvalue weighted by atomic mass is 10.0. The number of hydrogen-bond donors (Lipinski definition) is 1. The summed E-state index contributed by atoms with van der Waals surface area (Å²) in [6.45, 7) is 6.27. The minimum atomic E-state index is -0.981. The van der Waals surface area contributed by atoms with Crippen molar-refractivity contribution in [2.24, 2.45) is 5.92 Å². The Kier molecular flexibility index (Phi) is 5.17. The molecule has 1 rings (SSSR count). The first-order valence-corrected chi connectivity index (χ1v) is 6.46. The van der Waals surface area contributed by atoms with Crippen LogP contribution in [0.25, 0.3) is 0 Å². The fraction of sp³-hybridized carbons (Fsp3) is 0.846. The summed E-state index contributed by atoms with van der Waals surface area (Å²) in [5.41, 5.74) is -0.620. The summed E-state index contributed by atoms with van der Waals surface area (Å²) >= 11 is 0. The van der Waals surface area contributed by atoms with Gasteiger partial charge in [0.2, 0.25) is 0 Å². The molecular formula is C13H23NO5. The topological polar surface area (TPSA) is 76.1 Å². The summed E-state index contributed by atoms with van der Waals surface area (Å²) in [6.07, 6.45) is 0.650. The maximum absolute atomic E-state index is 12.0. The number of carboxylic acid groups (broad SMARTS) is 1. The first-order valence-electron chi connectivity index (χ1n) is 6.46. The molecule has 6 heteroatoms. The Morgan fingerprint density at radius 1 is 1.37 bits per heavy atom. The maximum Gasteiger partial charge on any atom is 0.411 e. The Hall–Kier alpha value is -1.30. The van der Waals surface area contributed by atoms with E-state index in [2.05, 4.69) is 0 Å². The van der Waals surface area contributed by atoms with E-state index in [-0.39, 0.29) is 5.92 Å². The van der Waals surface area contributed by atoms with Crippen LogP contribution in [0.4, 0.5) is 4.79 Å². The van der Waals surface area contributed by atoms with Crippen molar-refractivity contribution in [3.05, 3.63) is 0 Å². The van der Waals surface area contributed by atoms with Crippen LogP contribution < -0.4 is 0 Å². The standard InChI is InChI=1S/C13H23NO5/c1-13(2,3)19-12(17)14-8-9(5-6-18-4)7-10(14)11(15)16/h9-10H,5-8H2,1-4H3,(H,15,16). The number of methoxy groups -OCH3 is 1. The van der Waals surface area contributed by atoms with Crippen molar-refractivity contribution in [2.75, 3.05) is 20.3 Å². The Bertz CT molecular complexity index is 336. The van der Waals surface area contributed by atoms with Gasteiger partial charge in [0, 0.05) is 20.3 Å². The number of carbonyl (C=O) groups excluding carboxylic acids is 1. The van der Waals surface area contributed by atoms with Crippen LogP contribution in [-0.4, -0.2) is 54.0 Å². The third-order valence-corrected chi connectivity index (χ3v) is 3.03. The molecule has 2 atom stereocenters. The zero-order valence-electron chi connectivity index (χ0n) is 12.0. The zero-order valence-corrected chi connectivity index (χ0v) is 12.0. The molecule has 1 heterocycles. The molecule has 1 aliphatic rings. The Morgan fingerprint density at radius 3 is 2.47 bits per heavy atom. The van der Waals surface area contributed by atoms with Crippen LogP contribution >= 0.6 is 0 Å². The molecule has 1 fully saturated rings. The third kappa shape index (κ3) is 4.70. The van der Waals surface area contributed by atoms with Crippen molar-refractivity contribution in [3.63, 3.8) is 0 Å². The summed E-state index contributed by atoms with van der Waals surface area (Å²) in [7, 11) is 1.61. The average molecular weight is 273 g/mol. The predicted molar refractivity (Wildman–Crippen MR) is 69.0 cm³/mol. The largest absolute Gasteiger partial charge is 0.480 e. The average Bonchev–Trinajstić information content (AvgIpc) is 2.68. The fourth-order valence-electron chi connectivity index (χ4n) is 2.17. The third-order valence-electron chi connectivity index (χ3n) is 3.03. The molecule has 0 aromatic carbocycles. The van der Waals surface area contributed by atoms with Crippen LogP contribution in [0.15, 0.2) is 0 Å². The van der Waals surface area contributed by atoms with Crippen LogP contribution in [0, 0.1) is 5.92 Å². The minimum Gasteiger partial charge on any atom is -0.480 e. The molecule has 0 spiro atoms. The highest BCUT2D eigenvalue weighted by molar-refractivity contribution is 5.80. The van der Waals surface area contributed by atoms with Crippen molar-refractivity contribution in [1.82, 2.24) is 4.90 Å². The number of ether oxygens (including phenoxy) is 2. The van der Waals surface area contributed by atoms with E-state index in [0.717, 1.165) is 6.42 Å². The molecular weight excluding hydrogens is 250 g/mol. The Labute approximate surface area is 113 Å². The molecule has 0 bridgehead atoms. The van der Waals surface area contributed by atoms with E-state index >= 15 is 0 Å². The van der Waals surface area contributed by atoms with E-state index < -0.39 is 23.7 Å². The summed E-state index contributed by atoms with van der Waals surface area (Å²) in [5, 5.41) is 9.19. The second-order valence-corrected chi connectivity index (χ2v) is 5.87. The number of carbonyl (C=O) groups is 2. The van der Waals surface area contributed by atoms with Gasteiger partial charge < -0.3 is 14.6 Å². The molecule has 110 valence electrons. The van der Waals surface area contributed by atoms with E-state index in [4.69, 9.17) is 9.47 Å². The number of amides is 1. The first-order chi connectivity index (χ1) is 8.74. The summed E-state index contributed by atoms with van der Waals surface area (Å²) < 4.78 is 10.2. The van der Waals surface area contributed by atoms with Gasteiger partial charge in [0.15, 0.2) is 0 Å². The molecule has 1 aliphatic heterocycles. The van der Waals surface area contributed by atoms with Gasteiger partial charge in [0.25, 0.3) is 0 Å². The van der Waals surface area contributed by atoms with E-state index in [1.54, 1.807) is 27.9 Å². The van der Waals surface area contributed by atoms with Crippen molar-refractivity contribution in [2.45, 2.75) is 45.3 Å². The normalized spacial score (nSPS) is 23.5. The van der Waals surface area contributed by atoms with E-state index in [1.165, 1.54) is 4.90 Å². The highest BCUT2D eigenvalue weighted by atomic mass is 16.6. The van der Waals surface area contributed by atoms with Gasteiger partial charge in [-0.05, 0) is 39.5 Å².